The Kier molecular flexibility index (Phi) is 6.31. The number of aryl methyl sites for hydroxylation is 1. The van der Waals surface area contributed by atoms with Gasteiger partial charge in [-0.15, -0.1) is 0 Å². The van der Waals surface area contributed by atoms with Gasteiger partial charge in [0.15, 0.2) is 4.34 Å². The average Bonchev–Trinajstić information content (AvgIpc) is 2.77. The van der Waals surface area contributed by atoms with Crippen molar-refractivity contribution in [1.29, 1.82) is 0 Å². The molecule has 0 aliphatic carbocycles. The van der Waals surface area contributed by atoms with E-state index in [0.717, 1.165) is 22.3 Å². The Morgan fingerprint density at radius 1 is 1.44 bits per heavy atom. The van der Waals surface area contributed by atoms with Crippen LogP contribution in [-0.4, -0.2) is 28.2 Å². The molecular weight excluding hydrogens is 238 g/mol. The fourth-order valence-corrected chi connectivity index (χ4v) is 3.43. The smallest absolute Gasteiger partial charge is 0.170 e. The molecule has 1 heterocycles. The van der Waals surface area contributed by atoms with Gasteiger partial charge >= 0.3 is 0 Å². The lowest BCUT2D eigenvalue weighted by Gasteiger charge is -2.21. The van der Waals surface area contributed by atoms with Gasteiger partial charge in [0.25, 0.3) is 0 Å². The highest BCUT2D eigenvalue weighted by molar-refractivity contribution is 8.00. The lowest BCUT2D eigenvalue weighted by atomic mass is 10.0. The Hall–Kier alpha value is -0.130. The zero-order chi connectivity index (χ0) is 12.0. The molecule has 0 bridgehead atoms. The average molecular weight is 259 g/mol. The molecule has 2 atom stereocenters. The van der Waals surface area contributed by atoms with Gasteiger partial charge in [0, 0.05) is 18.2 Å². The summed E-state index contributed by atoms with van der Waals surface area (Å²) in [7, 11) is 2.04. The highest BCUT2D eigenvalue weighted by Gasteiger charge is 2.14. The van der Waals surface area contributed by atoms with Gasteiger partial charge in [-0.05, 0) is 24.5 Å². The lowest BCUT2D eigenvalue weighted by molar-refractivity contribution is 0.420. The molecule has 3 nitrogen and oxygen atoms in total. The topological polar surface area (TPSA) is 37.8 Å². The number of aromatic nitrogens is 2. The Morgan fingerprint density at radius 3 is 2.69 bits per heavy atom. The van der Waals surface area contributed by atoms with E-state index < -0.39 is 0 Å². The molecule has 0 aromatic carbocycles. The summed E-state index contributed by atoms with van der Waals surface area (Å²) in [5.74, 6) is 2.75. The highest BCUT2D eigenvalue weighted by Crippen LogP contribution is 2.23. The Labute approximate surface area is 107 Å². The summed E-state index contributed by atoms with van der Waals surface area (Å²) < 4.78 is 5.39. The van der Waals surface area contributed by atoms with Gasteiger partial charge in [-0.25, -0.2) is 4.98 Å². The number of thioether (sulfide) groups is 1. The highest BCUT2D eigenvalue weighted by atomic mass is 32.2. The largest absolute Gasteiger partial charge is 0.316 e. The quantitative estimate of drug-likeness (QED) is 0.764. The van der Waals surface area contributed by atoms with Crippen molar-refractivity contribution in [3.8, 4) is 0 Å². The molecule has 0 saturated heterocycles. The van der Waals surface area contributed by atoms with Crippen LogP contribution < -0.4 is 5.32 Å². The van der Waals surface area contributed by atoms with Gasteiger partial charge in [0.05, 0.1) is 0 Å². The van der Waals surface area contributed by atoms with Crippen molar-refractivity contribution in [2.75, 3.05) is 12.8 Å². The van der Waals surface area contributed by atoms with Crippen LogP contribution in [0.15, 0.2) is 4.34 Å². The number of nitrogens with zero attached hydrogens (tertiary/aromatic N) is 2. The van der Waals surface area contributed by atoms with Crippen LogP contribution in [0.1, 0.15) is 33.0 Å². The predicted molar refractivity (Wildman–Crippen MR) is 72.3 cm³/mol. The van der Waals surface area contributed by atoms with Crippen LogP contribution >= 0.6 is 23.3 Å². The molecule has 0 aliphatic heterocycles. The minimum atomic E-state index is 0.559. The van der Waals surface area contributed by atoms with E-state index in [9.17, 15) is 0 Å². The number of nitrogens with one attached hydrogen (secondary N) is 1. The van der Waals surface area contributed by atoms with Gasteiger partial charge in [0.2, 0.25) is 0 Å². The van der Waals surface area contributed by atoms with Crippen LogP contribution in [0, 0.1) is 5.92 Å². The maximum absolute atomic E-state index is 4.46. The summed E-state index contributed by atoms with van der Waals surface area (Å²) in [5.41, 5.74) is 0. The van der Waals surface area contributed by atoms with Crippen LogP contribution in [0.3, 0.4) is 0 Å². The van der Waals surface area contributed by atoms with Crippen LogP contribution in [0.4, 0.5) is 0 Å². The molecule has 2 unspecified atom stereocenters. The first-order valence-corrected chi connectivity index (χ1v) is 7.59. The Morgan fingerprint density at radius 2 is 2.19 bits per heavy atom. The molecular formula is C11H21N3S2. The van der Waals surface area contributed by atoms with E-state index in [4.69, 9.17) is 0 Å². The molecule has 1 aromatic heterocycles. The number of hydrogen-bond acceptors (Lipinski definition) is 5. The third-order valence-electron chi connectivity index (χ3n) is 2.85. The zero-order valence-electron chi connectivity index (χ0n) is 10.5. The fraction of sp³-hybridized carbons (Fsp3) is 0.818. The lowest BCUT2D eigenvalue weighted by Crippen LogP contribution is -2.34. The second kappa shape index (κ2) is 7.25. The summed E-state index contributed by atoms with van der Waals surface area (Å²) in [6, 6.07) is 0.559. The minimum Gasteiger partial charge on any atom is -0.316 e. The van der Waals surface area contributed by atoms with Crippen LogP contribution in [0.25, 0.3) is 0 Å². The van der Waals surface area contributed by atoms with E-state index in [1.54, 1.807) is 0 Å². The SMILES string of the molecule is CCc1nsc(SCC(NC)C(C)CC)n1. The molecule has 0 amide bonds. The molecule has 0 fully saturated rings. The van der Waals surface area contributed by atoms with Gasteiger partial charge < -0.3 is 5.32 Å². The van der Waals surface area contributed by atoms with E-state index in [-0.39, 0.29) is 0 Å². The second-order valence-corrected chi connectivity index (χ2v) is 5.94. The van der Waals surface area contributed by atoms with Crippen LogP contribution in [0.5, 0.6) is 0 Å². The molecule has 92 valence electrons. The summed E-state index contributed by atoms with van der Waals surface area (Å²) in [6.45, 7) is 6.62. The first-order valence-electron chi connectivity index (χ1n) is 5.83. The van der Waals surface area contributed by atoms with Crippen molar-refractivity contribution >= 4 is 23.3 Å². The molecule has 0 spiro atoms. The van der Waals surface area contributed by atoms with Gasteiger partial charge in [-0.1, -0.05) is 39.0 Å². The summed E-state index contributed by atoms with van der Waals surface area (Å²) >= 11 is 3.34. The minimum absolute atomic E-state index is 0.559. The van der Waals surface area contributed by atoms with Crippen molar-refractivity contribution in [2.24, 2.45) is 5.92 Å². The molecule has 0 saturated carbocycles. The van der Waals surface area contributed by atoms with E-state index in [2.05, 4.69) is 35.4 Å². The third kappa shape index (κ3) is 4.03. The Bertz CT molecular complexity index is 301. The Balaban J connectivity index is 2.42. The number of hydrogen-bond donors (Lipinski definition) is 1. The molecule has 1 aromatic rings. The fourth-order valence-electron chi connectivity index (χ4n) is 1.42. The summed E-state index contributed by atoms with van der Waals surface area (Å²) in [4.78, 5) is 4.46. The summed E-state index contributed by atoms with van der Waals surface area (Å²) in [5, 5.41) is 3.38. The molecule has 16 heavy (non-hydrogen) atoms. The first-order chi connectivity index (χ1) is 7.71. The van der Waals surface area contributed by atoms with E-state index in [0.29, 0.717) is 12.0 Å². The van der Waals surface area contributed by atoms with Gasteiger partial charge in [0.1, 0.15) is 5.82 Å². The predicted octanol–water partition coefficient (Wildman–Crippen LogP) is 2.83. The van der Waals surface area contributed by atoms with Crippen molar-refractivity contribution in [3.05, 3.63) is 5.82 Å². The third-order valence-corrected chi connectivity index (χ3v) is 4.84. The maximum atomic E-state index is 4.46. The summed E-state index contributed by atoms with van der Waals surface area (Å²) in [6.07, 6.45) is 2.14. The molecule has 1 rings (SSSR count). The van der Waals surface area contributed by atoms with E-state index in [1.807, 2.05) is 18.8 Å². The standard InChI is InChI=1S/C11H21N3S2/c1-5-8(3)9(12-4)7-15-11-13-10(6-2)14-16-11/h8-9,12H,5-7H2,1-4H3. The van der Waals surface area contributed by atoms with Crippen LogP contribution in [0.2, 0.25) is 0 Å². The van der Waals surface area contributed by atoms with Crippen LogP contribution in [-0.2, 0) is 6.42 Å². The van der Waals surface area contributed by atoms with Crippen molar-refractivity contribution < 1.29 is 0 Å². The van der Waals surface area contributed by atoms with Gasteiger partial charge in [-0.3, -0.25) is 0 Å². The second-order valence-electron chi connectivity index (χ2n) is 3.92. The van der Waals surface area contributed by atoms with E-state index >= 15 is 0 Å². The zero-order valence-corrected chi connectivity index (χ0v) is 12.1. The maximum Gasteiger partial charge on any atom is 0.170 e. The molecule has 0 radical (unpaired) electrons. The van der Waals surface area contributed by atoms with Crippen molar-refractivity contribution in [1.82, 2.24) is 14.7 Å². The van der Waals surface area contributed by atoms with E-state index in [1.165, 1.54) is 18.0 Å². The van der Waals surface area contributed by atoms with Gasteiger partial charge in [-0.2, -0.15) is 4.37 Å². The monoisotopic (exact) mass is 259 g/mol. The number of rotatable bonds is 7. The first kappa shape index (κ1) is 13.9. The molecule has 5 heteroatoms. The normalized spacial score (nSPS) is 15.0. The van der Waals surface area contributed by atoms with Crippen molar-refractivity contribution in [3.63, 3.8) is 0 Å². The molecule has 0 aliphatic rings. The van der Waals surface area contributed by atoms with Crippen molar-refractivity contribution in [2.45, 2.75) is 44.0 Å². The molecule has 1 N–H and O–H groups in total.